The van der Waals surface area contributed by atoms with E-state index in [-0.39, 0.29) is 0 Å². The SMILES string of the molecule is CCCC.O=C([O-])CO.O=C([O-])CO.O=C([O-])CO.O=C([O-])CO.O=C([O-])CO.O=C([O-])CO.O=C([O-])CO.O=C([O-])CO.O=C([O-])CO.O=C([O-])CO. The molecule has 0 atom stereocenters. The van der Waals surface area contributed by atoms with Crippen LogP contribution in [0.5, 0.6) is 0 Å². The van der Waals surface area contributed by atoms with Gasteiger partial charge in [0, 0.05) is 0 Å². The molecular weight excluding hydrogens is 768 g/mol. The van der Waals surface area contributed by atoms with Crippen molar-refractivity contribution in [1.82, 2.24) is 0 Å². The molecule has 0 aliphatic heterocycles. The Morgan fingerprint density at radius 1 is 0.241 bits per heavy atom. The standard InChI is InChI=1S/C4H10.10C2H4O3/c1-3-4-2;10*3-1-2(4)5/h3-4H2,1-2H3;10*3H,1H2,(H,4,5)/p-10. The zero-order valence-corrected chi connectivity index (χ0v) is 28.1. The van der Waals surface area contributed by atoms with E-state index in [1.165, 1.54) is 12.8 Å². The van der Waals surface area contributed by atoms with Gasteiger partial charge in [0.15, 0.2) is 0 Å². The van der Waals surface area contributed by atoms with Crippen molar-refractivity contribution in [3.05, 3.63) is 0 Å². The fraction of sp³-hybridized carbons (Fsp3) is 0.583. The quantitative estimate of drug-likeness (QED) is 0.0926. The Balaban J connectivity index is -0.0000000419. The van der Waals surface area contributed by atoms with Gasteiger partial charge in [0.25, 0.3) is 0 Å². The maximum Gasteiger partial charge on any atom is 0.0826 e. The molecule has 30 heteroatoms. The van der Waals surface area contributed by atoms with Gasteiger partial charge < -0.3 is 150 Å². The third kappa shape index (κ3) is 406. The minimum absolute atomic E-state index is 0.889. The van der Waals surface area contributed by atoms with Gasteiger partial charge in [-0.15, -0.1) is 0 Å². The van der Waals surface area contributed by atoms with Crippen LogP contribution in [0, 0.1) is 0 Å². The molecule has 0 heterocycles. The topological polar surface area (TPSA) is 604 Å². The smallest absolute Gasteiger partial charge is 0.0826 e. The van der Waals surface area contributed by atoms with E-state index in [1.54, 1.807) is 0 Å². The average Bonchev–Trinajstić information content (AvgIpc) is 3.13. The van der Waals surface area contributed by atoms with Crippen molar-refractivity contribution in [3.8, 4) is 0 Å². The first-order valence-corrected chi connectivity index (χ1v) is 12.7. The summed E-state index contributed by atoms with van der Waals surface area (Å²) >= 11 is 0. The van der Waals surface area contributed by atoms with Crippen molar-refractivity contribution >= 4 is 59.7 Å². The van der Waals surface area contributed by atoms with Gasteiger partial charge in [0.1, 0.15) is 0 Å². The van der Waals surface area contributed by atoms with E-state index < -0.39 is 126 Å². The number of unbranched alkanes of at least 4 members (excludes halogenated alkanes) is 1. The number of aliphatic hydroxyl groups excluding tert-OH is 10. The first-order valence-electron chi connectivity index (χ1n) is 12.7. The van der Waals surface area contributed by atoms with Crippen LogP contribution in [0.3, 0.4) is 0 Å². The number of carbonyl (C=O) groups is 10. The molecule has 54 heavy (non-hydrogen) atoms. The monoisotopic (exact) mass is 808 g/mol. The van der Waals surface area contributed by atoms with Gasteiger partial charge in [-0.25, -0.2) is 0 Å². The molecule has 0 aromatic rings. The minimum atomic E-state index is -1.44. The largest absolute Gasteiger partial charge is 0.548 e. The van der Waals surface area contributed by atoms with Gasteiger partial charge in [0.2, 0.25) is 0 Å². The molecule has 10 N–H and O–H groups in total. The van der Waals surface area contributed by atoms with Crippen molar-refractivity contribution < 1.29 is 150 Å². The normalized spacial score (nSPS) is 7.41. The van der Waals surface area contributed by atoms with Gasteiger partial charge in [-0.05, 0) is 0 Å². The fourth-order valence-electron chi connectivity index (χ4n) is 0. The number of rotatable bonds is 11. The lowest BCUT2D eigenvalue weighted by atomic mass is 10.4. The molecule has 326 valence electrons. The number of aliphatic carboxylic acids is 10. The summed E-state index contributed by atoms with van der Waals surface area (Å²) in [5.41, 5.74) is 0. The summed E-state index contributed by atoms with van der Waals surface area (Å²) < 4.78 is 0. The van der Waals surface area contributed by atoms with Crippen LogP contribution in [-0.2, 0) is 47.9 Å². The van der Waals surface area contributed by atoms with Gasteiger partial charge in [-0.3, -0.25) is 0 Å². The highest BCUT2D eigenvalue weighted by molar-refractivity contribution is 5.67. The molecule has 0 amide bonds. The van der Waals surface area contributed by atoms with Crippen molar-refractivity contribution in [2.75, 3.05) is 66.1 Å². The number of aliphatic hydroxyl groups is 10. The van der Waals surface area contributed by atoms with Crippen LogP contribution >= 0.6 is 0 Å². The maximum atomic E-state index is 9.01. The maximum absolute atomic E-state index is 9.01. The molecule has 0 aliphatic rings. The first-order chi connectivity index (χ1) is 24.6. The van der Waals surface area contributed by atoms with E-state index in [4.69, 9.17) is 150 Å². The van der Waals surface area contributed by atoms with Crippen LogP contribution in [-0.4, -0.2) is 177 Å². The lowest BCUT2D eigenvalue weighted by molar-refractivity contribution is -0.309. The molecule has 0 saturated heterocycles. The molecule has 0 bridgehead atoms. The van der Waals surface area contributed by atoms with Crippen LogP contribution in [0.2, 0.25) is 0 Å². The number of carboxylic acids is 10. The summed E-state index contributed by atoms with van der Waals surface area (Å²) in [5, 5.41) is 165. The van der Waals surface area contributed by atoms with Gasteiger partial charge >= 0.3 is 0 Å². The van der Waals surface area contributed by atoms with E-state index in [9.17, 15) is 0 Å². The third-order valence-corrected chi connectivity index (χ3v) is 1.79. The summed E-state index contributed by atoms with van der Waals surface area (Å²) in [6, 6.07) is 0. The van der Waals surface area contributed by atoms with Crippen LogP contribution in [0.15, 0.2) is 0 Å². The van der Waals surface area contributed by atoms with Gasteiger partial charge in [0.05, 0.1) is 126 Å². The molecule has 0 radical (unpaired) electrons. The Bertz CT molecular complexity index is 667. The first kappa shape index (κ1) is 77.7. The highest BCUT2D eigenvalue weighted by Gasteiger charge is 1.70. The van der Waals surface area contributed by atoms with E-state index in [0.717, 1.165) is 0 Å². The lowest BCUT2D eigenvalue weighted by Crippen LogP contribution is -2.25. The molecule has 0 aromatic heterocycles. The molecular formula is C24H40O30-10. The van der Waals surface area contributed by atoms with Crippen LogP contribution in [0.4, 0.5) is 0 Å². The number of carboxylic acid groups (broad SMARTS) is 10. The molecule has 0 aromatic carbocycles. The molecule has 0 saturated carbocycles. The molecule has 0 fully saturated rings. The Labute approximate surface area is 303 Å². The number of hydrogen-bond acceptors (Lipinski definition) is 30. The van der Waals surface area contributed by atoms with Crippen LogP contribution in [0.25, 0.3) is 0 Å². The summed E-state index contributed by atoms with van der Waals surface area (Å²) in [5.74, 6) is -14.4. The Hall–Kier alpha value is -5.70. The number of carbonyl (C=O) groups excluding carboxylic acids is 10. The van der Waals surface area contributed by atoms with Crippen molar-refractivity contribution in [2.24, 2.45) is 0 Å². The van der Waals surface area contributed by atoms with Crippen molar-refractivity contribution in [1.29, 1.82) is 0 Å². The predicted molar refractivity (Wildman–Crippen MR) is 142 cm³/mol. The van der Waals surface area contributed by atoms with E-state index >= 15 is 0 Å². The van der Waals surface area contributed by atoms with E-state index in [1.807, 2.05) is 0 Å². The zero-order valence-electron chi connectivity index (χ0n) is 28.1. The second-order valence-corrected chi connectivity index (χ2v) is 6.30. The van der Waals surface area contributed by atoms with Gasteiger partial charge in [-0.2, -0.15) is 0 Å². The third-order valence-electron chi connectivity index (χ3n) is 1.79. The lowest BCUT2D eigenvalue weighted by Gasteiger charge is -1.86. The second-order valence-electron chi connectivity index (χ2n) is 6.30. The second kappa shape index (κ2) is 77.0. The fourth-order valence-corrected chi connectivity index (χ4v) is 0. The molecule has 0 spiro atoms. The predicted octanol–water partition coefficient (Wildman–Crippen LogP) is -20.9. The van der Waals surface area contributed by atoms with E-state index in [2.05, 4.69) is 13.8 Å². The minimum Gasteiger partial charge on any atom is -0.548 e. The highest BCUT2D eigenvalue weighted by Crippen LogP contribution is 1.76. The Morgan fingerprint density at radius 2 is 0.278 bits per heavy atom. The Morgan fingerprint density at radius 3 is 0.278 bits per heavy atom. The molecule has 0 unspecified atom stereocenters. The summed E-state index contributed by atoms with van der Waals surface area (Å²) in [7, 11) is 0. The molecule has 0 aliphatic carbocycles. The van der Waals surface area contributed by atoms with E-state index in [0.29, 0.717) is 0 Å². The Kier molecular flexibility index (Phi) is 111. The summed E-state index contributed by atoms with van der Waals surface area (Å²) in [6.45, 7) is -4.53. The average molecular weight is 809 g/mol. The summed E-state index contributed by atoms with van der Waals surface area (Å²) in [4.78, 5) is 90.1. The van der Waals surface area contributed by atoms with Gasteiger partial charge in [-0.1, -0.05) is 26.7 Å². The molecule has 0 rings (SSSR count). The zero-order chi connectivity index (χ0) is 46.3. The molecule has 30 nitrogen and oxygen atoms in total. The van der Waals surface area contributed by atoms with Crippen molar-refractivity contribution in [3.63, 3.8) is 0 Å². The number of hydrogen-bond donors (Lipinski definition) is 10. The highest BCUT2D eigenvalue weighted by atomic mass is 16.4. The van der Waals surface area contributed by atoms with Crippen molar-refractivity contribution in [2.45, 2.75) is 26.7 Å². The summed E-state index contributed by atoms with van der Waals surface area (Å²) in [6.07, 6.45) is 2.64. The van der Waals surface area contributed by atoms with Crippen LogP contribution in [0.1, 0.15) is 26.7 Å². The van der Waals surface area contributed by atoms with Crippen LogP contribution < -0.4 is 51.1 Å².